The van der Waals surface area contributed by atoms with Crippen molar-refractivity contribution in [2.24, 2.45) is 0 Å². The minimum absolute atomic E-state index is 0. The lowest BCUT2D eigenvalue weighted by molar-refractivity contribution is 0.628. The van der Waals surface area contributed by atoms with Gasteiger partial charge in [0.15, 0.2) is 0 Å². The van der Waals surface area contributed by atoms with E-state index in [0.29, 0.717) is 5.92 Å². The van der Waals surface area contributed by atoms with Crippen LogP contribution in [0.5, 0.6) is 0 Å². The van der Waals surface area contributed by atoms with E-state index in [9.17, 15) is 4.39 Å². The van der Waals surface area contributed by atoms with Crippen LogP contribution in [0.2, 0.25) is 0 Å². The minimum atomic E-state index is -0.197. The second kappa shape index (κ2) is 4.66. The summed E-state index contributed by atoms with van der Waals surface area (Å²) >= 11 is 0. The Labute approximate surface area is 124 Å². The van der Waals surface area contributed by atoms with Crippen molar-refractivity contribution in [3.63, 3.8) is 0 Å². The van der Waals surface area contributed by atoms with E-state index in [1.807, 2.05) is 24.3 Å². The van der Waals surface area contributed by atoms with Gasteiger partial charge in [-0.15, -0.1) is 0 Å². The Balaban J connectivity index is 0.00000144. The number of benzene rings is 2. The SMILES string of the molecule is Cc1c(C2CC2)nc2ccccc2c1-c1ccc(F)cc1.[HH]. The molecule has 1 aromatic heterocycles. The van der Waals surface area contributed by atoms with Gasteiger partial charge in [0.25, 0.3) is 0 Å². The number of aromatic nitrogens is 1. The van der Waals surface area contributed by atoms with E-state index in [-0.39, 0.29) is 7.24 Å². The normalized spacial score (nSPS) is 14.6. The van der Waals surface area contributed by atoms with Gasteiger partial charge in [0.2, 0.25) is 0 Å². The van der Waals surface area contributed by atoms with Crippen molar-refractivity contribution in [2.75, 3.05) is 0 Å². The molecule has 106 valence electrons. The van der Waals surface area contributed by atoms with Crippen LogP contribution < -0.4 is 0 Å². The zero-order valence-corrected chi connectivity index (χ0v) is 11.9. The lowest BCUT2D eigenvalue weighted by Gasteiger charge is -2.14. The summed E-state index contributed by atoms with van der Waals surface area (Å²) in [5.41, 5.74) is 5.75. The van der Waals surface area contributed by atoms with Crippen LogP contribution in [-0.4, -0.2) is 4.98 Å². The maximum absolute atomic E-state index is 13.2. The van der Waals surface area contributed by atoms with Crippen LogP contribution in [-0.2, 0) is 0 Å². The summed E-state index contributed by atoms with van der Waals surface area (Å²) in [5, 5.41) is 1.14. The van der Waals surface area contributed by atoms with Gasteiger partial charge in [0.1, 0.15) is 5.82 Å². The van der Waals surface area contributed by atoms with Gasteiger partial charge in [0, 0.05) is 18.4 Å². The largest absolute Gasteiger partial charge is 0.252 e. The quantitative estimate of drug-likeness (QED) is 0.606. The molecule has 1 saturated carbocycles. The number of halogens is 1. The smallest absolute Gasteiger partial charge is 0.123 e. The molecule has 3 aromatic rings. The van der Waals surface area contributed by atoms with Gasteiger partial charge in [0.05, 0.1) is 5.52 Å². The average Bonchev–Trinajstić information content (AvgIpc) is 3.33. The van der Waals surface area contributed by atoms with Crippen LogP contribution in [0.25, 0.3) is 22.0 Å². The summed E-state index contributed by atoms with van der Waals surface area (Å²) in [6.07, 6.45) is 2.46. The first-order chi connectivity index (χ1) is 10.2. The highest BCUT2D eigenvalue weighted by Gasteiger charge is 2.28. The summed E-state index contributed by atoms with van der Waals surface area (Å²) in [6.45, 7) is 2.14. The zero-order chi connectivity index (χ0) is 14.4. The number of rotatable bonds is 2. The fourth-order valence-electron chi connectivity index (χ4n) is 3.07. The first kappa shape index (κ1) is 12.5. The molecule has 0 unspecified atom stereocenters. The predicted octanol–water partition coefficient (Wildman–Crippen LogP) is 5.47. The molecule has 1 heterocycles. The van der Waals surface area contributed by atoms with Crippen LogP contribution in [0.1, 0.15) is 31.4 Å². The third kappa shape index (κ3) is 2.11. The molecule has 1 fully saturated rings. The van der Waals surface area contributed by atoms with Gasteiger partial charge in [-0.25, -0.2) is 4.39 Å². The number of fused-ring (bicyclic) bond motifs is 1. The van der Waals surface area contributed by atoms with Crippen molar-refractivity contribution in [3.8, 4) is 11.1 Å². The minimum Gasteiger partial charge on any atom is -0.252 e. The molecule has 0 saturated heterocycles. The molecule has 0 bridgehead atoms. The first-order valence-corrected chi connectivity index (χ1v) is 7.39. The van der Waals surface area contributed by atoms with Crippen LogP contribution >= 0.6 is 0 Å². The van der Waals surface area contributed by atoms with Crippen molar-refractivity contribution in [1.82, 2.24) is 4.98 Å². The Kier molecular flexibility index (Phi) is 2.78. The van der Waals surface area contributed by atoms with Crippen molar-refractivity contribution in [2.45, 2.75) is 25.7 Å². The summed E-state index contributed by atoms with van der Waals surface area (Å²) in [7, 11) is 0. The summed E-state index contributed by atoms with van der Waals surface area (Å²) in [5.74, 6) is 0.408. The van der Waals surface area contributed by atoms with E-state index in [1.54, 1.807) is 0 Å². The van der Waals surface area contributed by atoms with Gasteiger partial charge in [-0.3, -0.25) is 4.98 Å². The van der Waals surface area contributed by atoms with Crippen molar-refractivity contribution in [1.29, 1.82) is 0 Å². The predicted molar refractivity (Wildman–Crippen MR) is 86.0 cm³/mol. The van der Waals surface area contributed by atoms with Gasteiger partial charge >= 0.3 is 0 Å². The average molecular weight is 279 g/mol. The van der Waals surface area contributed by atoms with Crippen molar-refractivity contribution >= 4 is 10.9 Å². The molecule has 0 radical (unpaired) electrons. The topological polar surface area (TPSA) is 12.9 Å². The number of hydrogen-bond acceptors (Lipinski definition) is 1. The number of pyridine rings is 1. The number of para-hydroxylation sites is 1. The fourth-order valence-corrected chi connectivity index (χ4v) is 3.07. The Bertz CT molecular complexity index is 823. The van der Waals surface area contributed by atoms with Gasteiger partial charge < -0.3 is 0 Å². The molecule has 1 aliphatic carbocycles. The van der Waals surface area contributed by atoms with Crippen molar-refractivity contribution < 1.29 is 5.82 Å². The lowest BCUT2D eigenvalue weighted by Crippen LogP contribution is -1.97. The van der Waals surface area contributed by atoms with Crippen molar-refractivity contribution in [3.05, 3.63) is 65.6 Å². The van der Waals surface area contributed by atoms with Crippen LogP contribution in [0.15, 0.2) is 48.5 Å². The molecule has 1 nitrogen and oxygen atoms in total. The molecule has 2 heteroatoms. The van der Waals surface area contributed by atoms with Crippen LogP contribution in [0.4, 0.5) is 4.39 Å². The van der Waals surface area contributed by atoms with Crippen LogP contribution in [0.3, 0.4) is 0 Å². The maximum atomic E-state index is 13.2. The highest BCUT2D eigenvalue weighted by Crippen LogP contribution is 2.44. The van der Waals surface area contributed by atoms with Gasteiger partial charge in [-0.05, 0) is 54.7 Å². The Hall–Kier alpha value is -2.22. The second-order valence-electron chi connectivity index (χ2n) is 5.80. The van der Waals surface area contributed by atoms with Crippen LogP contribution in [0, 0.1) is 12.7 Å². The highest BCUT2D eigenvalue weighted by atomic mass is 19.1. The molecule has 4 rings (SSSR count). The molecule has 0 atom stereocenters. The Morgan fingerprint density at radius 1 is 1.05 bits per heavy atom. The van der Waals surface area contributed by atoms with E-state index in [0.717, 1.165) is 16.5 Å². The Morgan fingerprint density at radius 3 is 2.48 bits per heavy atom. The van der Waals surface area contributed by atoms with Gasteiger partial charge in [-0.1, -0.05) is 30.3 Å². The molecule has 0 N–H and O–H groups in total. The molecule has 0 spiro atoms. The highest BCUT2D eigenvalue weighted by molar-refractivity contribution is 5.96. The fraction of sp³-hybridized carbons (Fsp3) is 0.211. The van der Waals surface area contributed by atoms with E-state index in [2.05, 4.69) is 19.1 Å². The van der Waals surface area contributed by atoms with E-state index in [1.165, 1.54) is 41.8 Å². The molecule has 1 aliphatic rings. The first-order valence-electron chi connectivity index (χ1n) is 7.39. The molecule has 21 heavy (non-hydrogen) atoms. The monoisotopic (exact) mass is 279 g/mol. The molecular formula is C19H18FN. The number of hydrogen-bond donors (Lipinski definition) is 0. The molecule has 0 amide bonds. The second-order valence-corrected chi connectivity index (χ2v) is 5.80. The number of nitrogens with zero attached hydrogens (tertiary/aromatic N) is 1. The van der Waals surface area contributed by atoms with Gasteiger partial charge in [-0.2, -0.15) is 0 Å². The lowest BCUT2D eigenvalue weighted by atomic mass is 9.94. The van der Waals surface area contributed by atoms with E-state index < -0.39 is 0 Å². The molecule has 2 aromatic carbocycles. The van der Waals surface area contributed by atoms with E-state index in [4.69, 9.17) is 4.98 Å². The third-order valence-electron chi connectivity index (χ3n) is 4.27. The summed E-state index contributed by atoms with van der Waals surface area (Å²) in [6, 6.07) is 15.0. The summed E-state index contributed by atoms with van der Waals surface area (Å²) in [4.78, 5) is 4.87. The Morgan fingerprint density at radius 2 is 1.76 bits per heavy atom. The zero-order valence-electron chi connectivity index (χ0n) is 11.9. The third-order valence-corrected chi connectivity index (χ3v) is 4.27. The molecule has 0 aliphatic heterocycles. The molecular weight excluding hydrogens is 261 g/mol. The summed E-state index contributed by atoms with van der Waals surface area (Å²) < 4.78 is 13.2. The van der Waals surface area contributed by atoms with E-state index >= 15 is 0 Å². The maximum Gasteiger partial charge on any atom is 0.123 e. The standard InChI is InChI=1S/C19H16FN.H2/c1-12-18(13-8-10-15(20)11-9-13)16-4-2-3-5-17(16)21-19(12)14-6-7-14;/h2-5,8-11,14H,6-7H2,1H3;1H.